The molecule has 0 saturated carbocycles. The van der Waals surface area contributed by atoms with Crippen LogP contribution in [-0.2, 0) is 35.1 Å². The molecule has 0 spiro atoms. The SMILES string of the molecule is CCCCC(CC)COC(=O)CC(C(=O)OCC(CC)CCCC)S(=O)(=O)O.ClCc1ccccc1.N.[H-].[Na+]. The number of carbonyl (C=O) groups is 2. The standard InChI is InChI=1S/C20H38O7S.C7H7Cl.H3N.Na.H/c1-5-9-11-16(7-3)14-26-19(21)13-18(28(23,24)25)20(22)27-15-17(8-4)12-10-6-2;8-6-7-4-2-1-3-5-7;;;/h16-18H,5-15H2,1-4H3,(H,23,24,25);1-5H,6H2;1H3;;/q;;;+1;-1. The quantitative estimate of drug-likeness (QED) is 0.121. The fraction of sp³-hybridized carbons (Fsp3) is 0.704. The van der Waals surface area contributed by atoms with Gasteiger partial charge in [-0.1, -0.05) is 96.6 Å². The summed E-state index contributed by atoms with van der Waals surface area (Å²) in [7, 11) is -4.76. The molecule has 3 atom stereocenters. The molecule has 0 aliphatic rings. The normalized spacial score (nSPS) is 12.9. The van der Waals surface area contributed by atoms with Crippen LogP contribution in [-0.4, -0.2) is 43.4 Å². The Hall–Kier alpha value is -0.680. The maximum Gasteiger partial charge on any atom is 1.00 e. The van der Waals surface area contributed by atoms with Gasteiger partial charge in [-0.25, -0.2) is 0 Å². The van der Waals surface area contributed by atoms with E-state index in [9.17, 15) is 22.6 Å². The van der Waals surface area contributed by atoms with E-state index in [0.717, 1.165) is 51.4 Å². The minimum atomic E-state index is -4.76. The summed E-state index contributed by atoms with van der Waals surface area (Å²) in [6.07, 6.45) is 6.74. The first kappa shape index (κ1) is 41.8. The second kappa shape index (κ2) is 25.3. The molecule has 4 N–H and O–H groups in total. The molecule has 0 radical (unpaired) electrons. The van der Waals surface area contributed by atoms with Gasteiger partial charge in [-0.3, -0.25) is 14.1 Å². The van der Waals surface area contributed by atoms with Crippen molar-refractivity contribution in [2.75, 3.05) is 13.2 Å². The molecule has 0 aliphatic heterocycles. The minimum Gasteiger partial charge on any atom is -1.00 e. The van der Waals surface area contributed by atoms with Gasteiger partial charge >= 0.3 is 41.5 Å². The van der Waals surface area contributed by atoms with E-state index in [2.05, 4.69) is 13.8 Å². The van der Waals surface area contributed by atoms with E-state index in [1.54, 1.807) is 0 Å². The van der Waals surface area contributed by atoms with Crippen LogP contribution < -0.4 is 35.7 Å². The van der Waals surface area contributed by atoms with Crippen molar-refractivity contribution in [3.05, 3.63) is 35.9 Å². The predicted molar refractivity (Wildman–Crippen MR) is 151 cm³/mol. The van der Waals surface area contributed by atoms with Crippen LogP contribution in [0.1, 0.15) is 92.5 Å². The molecule has 1 rings (SSSR count). The van der Waals surface area contributed by atoms with E-state index in [-0.39, 0.29) is 62.2 Å². The number of rotatable bonds is 17. The third-order valence-electron chi connectivity index (χ3n) is 6.00. The van der Waals surface area contributed by atoms with Crippen molar-refractivity contribution < 1.29 is 63.0 Å². The molecule has 0 aromatic heterocycles. The molecule has 0 aliphatic carbocycles. The average molecular weight is 590 g/mol. The summed E-state index contributed by atoms with van der Waals surface area (Å²) in [6, 6.07) is 9.96. The van der Waals surface area contributed by atoms with Crippen molar-refractivity contribution in [3.8, 4) is 0 Å². The zero-order valence-electron chi connectivity index (χ0n) is 25.0. The molecule has 38 heavy (non-hydrogen) atoms. The maximum absolute atomic E-state index is 12.2. The Balaban J connectivity index is -0.000000475. The van der Waals surface area contributed by atoms with Crippen LogP contribution in [0.15, 0.2) is 30.3 Å². The molecule has 11 heteroatoms. The van der Waals surface area contributed by atoms with Crippen molar-refractivity contribution in [3.63, 3.8) is 0 Å². The molecule has 0 fully saturated rings. The Morgan fingerprint density at radius 1 is 0.921 bits per heavy atom. The first-order valence-corrected chi connectivity index (χ1v) is 15.0. The van der Waals surface area contributed by atoms with Crippen LogP contribution in [0, 0.1) is 11.8 Å². The van der Waals surface area contributed by atoms with Gasteiger partial charge in [-0.15, -0.1) is 11.6 Å². The Morgan fingerprint density at radius 2 is 1.39 bits per heavy atom. The summed E-state index contributed by atoms with van der Waals surface area (Å²) in [5.74, 6) is -0.994. The molecule has 0 heterocycles. The van der Waals surface area contributed by atoms with Crippen LogP contribution in [0.5, 0.6) is 0 Å². The van der Waals surface area contributed by atoms with Gasteiger partial charge in [0, 0.05) is 5.88 Å². The van der Waals surface area contributed by atoms with Crippen LogP contribution in [0.3, 0.4) is 0 Å². The Bertz CT molecular complexity index is 835. The number of benzene rings is 1. The van der Waals surface area contributed by atoms with Crippen molar-refractivity contribution in [2.45, 2.75) is 96.6 Å². The van der Waals surface area contributed by atoms with Gasteiger partial charge in [-0.2, -0.15) is 8.42 Å². The van der Waals surface area contributed by atoms with E-state index < -0.39 is 33.7 Å². The molecule has 218 valence electrons. The summed E-state index contributed by atoms with van der Waals surface area (Å²) in [6.45, 7) is 8.35. The van der Waals surface area contributed by atoms with Crippen molar-refractivity contribution in [1.82, 2.24) is 6.15 Å². The Labute approximate surface area is 259 Å². The molecule has 1 aromatic rings. The molecular formula is C27H49ClNNaO7S. The van der Waals surface area contributed by atoms with E-state index in [1.165, 1.54) is 5.56 Å². The molecular weight excluding hydrogens is 541 g/mol. The summed E-state index contributed by atoms with van der Waals surface area (Å²) >= 11 is 5.53. The number of halogens is 1. The van der Waals surface area contributed by atoms with Crippen molar-refractivity contribution >= 4 is 33.7 Å². The fourth-order valence-electron chi connectivity index (χ4n) is 3.39. The number of alkyl halides is 1. The first-order chi connectivity index (χ1) is 17.1. The fourth-order valence-corrected chi connectivity index (χ4v) is 4.22. The van der Waals surface area contributed by atoms with E-state index >= 15 is 0 Å². The molecule has 8 nitrogen and oxygen atoms in total. The second-order valence-corrected chi connectivity index (χ2v) is 10.8. The summed E-state index contributed by atoms with van der Waals surface area (Å²) < 4.78 is 42.8. The Morgan fingerprint density at radius 3 is 1.76 bits per heavy atom. The van der Waals surface area contributed by atoms with Gasteiger partial charge in [0.25, 0.3) is 10.1 Å². The van der Waals surface area contributed by atoms with Crippen molar-refractivity contribution in [1.29, 1.82) is 0 Å². The minimum absolute atomic E-state index is 0. The maximum atomic E-state index is 12.2. The molecule has 0 amide bonds. The molecule has 0 bridgehead atoms. The number of hydrogen-bond donors (Lipinski definition) is 2. The van der Waals surface area contributed by atoms with Gasteiger partial charge in [0.1, 0.15) is 0 Å². The van der Waals surface area contributed by atoms with E-state index in [4.69, 9.17) is 21.1 Å². The smallest absolute Gasteiger partial charge is 1.00 e. The number of unbranched alkanes of at least 4 members (excludes halogenated alkanes) is 2. The monoisotopic (exact) mass is 589 g/mol. The number of ether oxygens (including phenoxy) is 2. The van der Waals surface area contributed by atoms with Gasteiger partial charge in [0.05, 0.1) is 19.6 Å². The first-order valence-electron chi connectivity index (χ1n) is 13.0. The van der Waals surface area contributed by atoms with Crippen LogP contribution in [0.25, 0.3) is 0 Å². The second-order valence-electron chi connectivity index (χ2n) is 8.97. The number of carbonyl (C=O) groups excluding carboxylic acids is 2. The molecule has 3 unspecified atom stereocenters. The Kier molecular flexibility index (Phi) is 27.8. The number of esters is 2. The van der Waals surface area contributed by atoms with Crippen LogP contribution in [0.4, 0.5) is 0 Å². The predicted octanol–water partition coefficient (Wildman–Crippen LogP) is 3.86. The number of hydrogen-bond acceptors (Lipinski definition) is 7. The van der Waals surface area contributed by atoms with Crippen molar-refractivity contribution in [2.24, 2.45) is 11.8 Å². The average Bonchev–Trinajstić information content (AvgIpc) is 2.87. The van der Waals surface area contributed by atoms with Gasteiger partial charge in [0.2, 0.25) is 0 Å². The van der Waals surface area contributed by atoms with E-state index in [0.29, 0.717) is 5.88 Å². The third kappa shape index (κ3) is 20.3. The zero-order chi connectivity index (χ0) is 27.4. The van der Waals surface area contributed by atoms with Crippen LogP contribution >= 0.6 is 11.6 Å². The molecule has 1 aromatic carbocycles. The third-order valence-corrected chi connectivity index (χ3v) is 7.39. The summed E-state index contributed by atoms with van der Waals surface area (Å²) in [5, 5.41) is -1.95. The molecule has 0 saturated heterocycles. The van der Waals surface area contributed by atoms with Gasteiger partial charge in [0.15, 0.2) is 5.25 Å². The van der Waals surface area contributed by atoms with E-state index in [1.807, 2.05) is 44.2 Å². The van der Waals surface area contributed by atoms with Gasteiger partial charge < -0.3 is 17.1 Å². The summed E-state index contributed by atoms with van der Waals surface area (Å²) in [4.78, 5) is 24.2. The largest absolute Gasteiger partial charge is 1.00 e. The topological polar surface area (TPSA) is 142 Å². The summed E-state index contributed by atoms with van der Waals surface area (Å²) in [5.41, 5.74) is 1.18. The van der Waals surface area contributed by atoms with Gasteiger partial charge in [-0.05, 0) is 30.2 Å². The zero-order valence-corrected chi connectivity index (χ0v) is 27.6. The van der Waals surface area contributed by atoms with Crippen LogP contribution in [0.2, 0.25) is 0 Å².